The summed E-state index contributed by atoms with van der Waals surface area (Å²) in [7, 11) is 0. The fourth-order valence-electron chi connectivity index (χ4n) is 2.84. The largest absolute Gasteiger partial charge is 0.350 e. The minimum absolute atomic E-state index is 0.0439. The number of hydrogen-bond acceptors (Lipinski definition) is 2. The van der Waals surface area contributed by atoms with Gasteiger partial charge in [-0.2, -0.15) is 0 Å². The van der Waals surface area contributed by atoms with E-state index in [9.17, 15) is 4.79 Å². The predicted molar refractivity (Wildman–Crippen MR) is 60.6 cm³/mol. The molecular formula is C12H22N2O. The summed E-state index contributed by atoms with van der Waals surface area (Å²) in [6.07, 6.45) is 5.91. The average molecular weight is 210 g/mol. The number of nitrogens with one attached hydrogen (secondary N) is 2. The van der Waals surface area contributed by atoms with Crippen LogP contribution >= 0.6 is 0 Å². The quantitative estimate of drug-likeness (QED) is 0.724. The maximum absolute atomic E-state index is 12.0. The zero-order valence-corrected chi connectivity index (χ0v) is 9.81. The van der Waals surface area contributed by atoms with Crippen LogP contribution in [0.1, 0.15) is 46.0 Å². The molecule has 0 aromatic carbocycles. The minimum atomic E-state index is 0.0439. The first-order valence-electron chi connectivity index (χ1n) is 6.16. The van der Waals surface area contributed by atoms with Gasteiger partial charge in [0.15, 0.2) is 0 Å². The highest BCUT2D eigenvalue weighted by atomic mass is 16.2. The highest BCUT2D eigenvalue weighted by molar-refractivity contribution is 5.83. The van der Waals surface area contributed by atoms with Gasteiger partial charge in [0, 0.05) is 5.54 Å². The third-order valence-corrected chi connectivity index (χ3v) is 3.95. The molecule has 2 atom stereocenters. The molecule has 86 valence electrons. The molecule has 0 bridgehead atoms. The van der Waals surface area contributed by atoms with Crippen LogP contribution in [0.5, 0.6) is 0 Å². The summed E-state index contributed by atoms with van der Waals surface area (Å²) < 4.78 is 0. The lowest BCUT2D eigenvalue weighted by Crippen LogP contribution is -2.51. The van der Waals surface area contributed by atoms with Crippen molar-refractivity contribution in [2.75, 3.05) is 6.54 Å². The number of hydrogen-bond donors (Lipinski definition) is 2. The molecule has 0 aromatic rings. The second kappa shape index (κ2) is 4.12. The fraction of sp³-hybridized carbons (Fsp3) is 0.917. The highest BCUT2D eigenvalue weighted by Gasteiger charge is 2.35. The standard InChI is InChI=1S/C12H22N2O/c1-9-5-8-13-10(9)11(15)14-12(2)6-3-4-7-12/h9-10,13H,3-8H2,1-2H3,(H,14,15). The molecule has 1 aliphatic carbocycles. The maximum atomic E-state index is 12.0. The third kappa shape index (κ3) is 2.33. The molecular weight excluding hydrogens is 188 g/mol. The smallest absolute Gasteiger partial charge is 0.237 e. The Kier molecular flexibility index (Phi) is 3.01. The third-order valence-electron chi connectivity index (χ3n) is 3.95. The molecule has 3 nitrogen and oxygen atoms in total. The zero-order chi connectivity index (χ0) is 10.9. The van der Waals surface area contributed by atoms with E-state index in [1.807, 2.05) is 0 Å². The van der Waals surface area contributed by atoms with Crippen molar-refractivity contribution >= 4 is 5.91 Å². The van der Waals surface area contributed by atoms with Crippen molar-refractivity contribution in [1.29, 1.82) is 0 Å². The molecule has 2 fully saturated rings. The monoisotopic (exact) mass is 210 g/mol. The molecule has 2 rings (SSSR count). The molecule has 1 saturated heterocycles. The Hall–Kier alpha value is -0.570. The molecule has 3 heteroatoms. The van der Waals surface area contributed by atoms with Gasteiger partial charge in [-0.05, 0) is 38.6 Å². The molecule has 0 radical (unpaired) electrons. The van der Waals surface area contributed by atoms with E-state index in [2.05, 4.69) is 24.5 Å². The second-order valence-electron chi connectivity index (χ2n) is 5.45. The van der Waals surface area contributed by atoms with Crippen LogP contribution in [0.3, 0.4) is 0 Å². The maximum Gasteiger partial charge on any atom is 0.237 e. The molecule has 1 aliphatic heterocycles. The van der Waals surface area contributed by atoms with Gasteiger partial charge in [-0.1, -0.05) is 19.8 Å². The van der Waals surface area contributed by atoms with E-state index >= 15 is 0 Å². The Morgan fingerprint density at radius 1 is 1.40 bits per heavy atom. The van der Waals surface area contributed by atoms with Crippen LogP contribution in [0.15, 0.2) is 0 Å². The van der Waals surface area contributed by atoms with Crippen LogP contribution in [-0.4, -0.2) is 24.0 Å². The van der Waals surface area contributed by atoms with Crippen LogP contribution in [0.2, 0.25) is 0 Å². The van der Waals surface area contributed by atoms with Gasteiger partial charge in [0.2, 0.25) is 5.91 Å². The highest BCUT2D eigenvalue weighted by Crippen LogP contribution is 2.29. The van der Waals surface area contributed by atoms with Crippen molar-refractivity contribution in [1.82, 2.24) is 10.6 Å². The van der Waals surface area contributed by atoms with Crippen LogP contribution in [0.4, 0.5) is 0 Å². The number of rotatable bonds is 2. The first-order chi connectivity index (χ1) is 7.11. The summed E-state index contributed by atoms with van der Waals surface area (Å²) in [5.41, 5.74) is 0.0705. The van der Waals surface area contributed by atoms with Crippen molar-refractivity contribution in [3.8, 4) is 0 Å². The molecule has 2 unspecified atom stereocenters. The Labute approximate surface area is 92.0 Å². The number of carbonyl (C=O) groups is 1. The normalized spacial score (nSPS) is 34.3. The molecule has 0 aromatic heterocycles. The van der Waals surface area contributed by atoms with Crippen LogP contribution in [0.25, 0.3) is 0 Å². The van der Waals surface area contributed by atoms with Crippen molar-refractivity contribution in [2.24, 2.45) is 5.92 Å². The summed E-state index contributed by atoms with van der Waals surface area (Å²) in [6.45, 7) is 5.31. The van der Waals surface area contributed by atoms with Gasteiger partial charge < -0.3 is 10.6 Å². The summed E-state index contributed by atoms with van der Waals surface area (Å²) in [6, 6.07) is 0.0439. The second-order valence-corrected chi connectivity index (χ2v) is 5.45. The van der Waals surface area contributed by atoms with Crippen molar-refractivity contribution in [3.63, 3.8) is 0 Å². The van der Waals surface area contributed by atoms with E-state index in [-0.39, 0.29) is 17.5 Å². The van der Waals surface area contributed by atoms with E-state index in [0.717, 1.165) is 25.8 Å². The first-order valence-corrected chi connectivity index (χ1v) is 6.16. The summed E-state index contributed by atoms with van der Waals surface area (Å²) >= 11 is 0. The lowest BCUT2D eigenvalue weighted by Gasteiger charge is -2.28. The van der Waals surface area contributed by atoms with E-state index in [4.69, 9.17) is 0 Å². The lowest BCUT2D eigenvalue weighted by atomic mass is 9.97. The summed E-state index contributed by atoms with van der Waals surface area (Å²) in [5, 5.41) is 6.51. The van der Waals surface area contributed by atoms with Crippen molar-refractivity contribution in [2.45, 2.75) is 57.5 Å². The lowest BCUT2D eigenvalue weighted by molar-refractivity contribution is -0.125. The van der Waals surface area contributed by atoms with Gasteiger partial charge in [-0.25, -0.2) is 0 Å². The van der Waals surface area contributed by atoms with Gasteiger partial charge in [0.1, 0.15) is 0 Å². The van der Waals surface area contributed by atoms with E-state index in [1.54, 1.807) is 0 Å². The SMILES string of the molecule is CC1CCNC1C(=O)NC1(C)CCCC1. The van der Waals surface area contributed by atoms with E-state index in [0.29, 0.717) is 5.92 Å². The van der Waals surface area contributed by atoms with E-state index < -0.39 is 0 Å². The van der Waals surface area contributed by atoms with Crippen LogP contribution in [-0.2, 0) is 4.79 Å². The molecule has 1 heterocycles. The van der Waals surface area contributed by atoms with E-state index in [1.165, 1.54) is 12.8 Å². The predicted octanol–water partition coefficient (Wildman–Crippen LogP) is 1.43. The first kappa shape index (κ1) is 10.9. The minimum Gasteiger partial charge on any atom is -0.350 e. The molecule has 2 aliphatic rings. The topological polar surface area (TPSA) is 41.1 Å². The van der Waals surface area contributed by atoms with Gasteiger partial charge in [-0.15, -0.1) is 0 Å². The molecule has 1 saturated carbocycles. The number of carbonyl (C=O) groups excluding carboxylic acids is 1. The van der Waals surface area contributed by atoms with Gasteiger partial charge >= 0.3 is 0 Å². The zero-order valence-electron chi connectivity index (χ0n) is 9.81. The van der Waals surface area contributed by atoms with Gasteiger partial charge in [-0.3, -0.25) is 4.79 Å². The van der Waals surface area contributed by atoms with Crippen LogP contribution < -0.4 is 10.6 Å². The van der Waals surface area contributed by atoms with Crippen molar-refractivity contribution in [3.05, 3.63) is 0 Å². The Balaban J connectivity index is 1.91. The molecule has 1 amide bonds. The Morgan fingerprint density at radius 2 is 2.07 bits per heavy atom. The molecule has 15 heavy (non-hydrogen) atoms. The molecule has 0 spiro atoms. The number of amides is 1. The Morgan fingerprint density at radius 3 is 2.60 bits per heavy atom. The fourth-order valence-corrected chi connectivity index (χ4v) is 2.84. The Bertz CT molecular complexity index is 246. The van der Waals surface area contributed by atoms with Crippen molar-refractivity contribution < 1.29 is 4.79 Å². The van der Waals surface area contributed by atoms with Gasteiger partial charge in [0.25, 0.3) is 0 Å². The summed E-state index contributed by atoms with van der Waals surface area (Å²) in [4.78, 5) is 12.0. The van der Waals surface area contributed by atoms with Crippen LogP contribution in [0, 0.1) is 5.92 Å². The van der Waals surface area contributed by atoms with Gasteiger partial charge in [0.05, 0.1) is 6.04 Å². The summed E-state index contributed by atoms with van der Waals surface area (Å²) in [5.74, 6) is 0.694. The molecule has 2 N–H and O–H groups in total. The average Bonchev–Trinajstić information content (AvgIpc) is 2.74.